The number of hydrogen-bond donors (Lipinski definition) is 3. The van der Waals surface area contributed by atoms with Crippen LogP contribution in [0, 0.1) is 0 Å². The van der Waals surface area contributed by atoms with Crippen LogP contribution in [-0.2, 0) is 21.2 Å². The van der Waals surface area contributed by atoms with Crippen LogP contribution >= 0.6 is 0 Å². The lowest BCUT2D eigenvalue weighted by atomic mass is 10.2. The number of imidazole rings is 1. The zero-order chi connectivity index (χ0) is 16.3. The molecule has 0 saturated carbocycles. The van der Waals surface area contributed by atoms with Gasteiger partial charge in [-0.3, -0.25) is 4.79 Å². The quantitative estimate of drug-likeness (QED) is 0.744. The summed E-state index contributed by atoms with van der Waals surface area (Å²) in [6, 6.07) is 5.96. The maximum absolute atomic E-state index is 12.0. The van der Waals surface area contributed by atoms with Crippen molar-refractivity contribution in [1.29, 1.82) is 0 Å². The van der Waals surface area contributed by atoms with E-state index in [1.807, 2.05) is 18.2 Å². The van der Waals surface area contributed by atoms with E-state index in [1.54, 1.807) is 13.0 Å². The lowest BCUT2D eigenvalue weighted by molar-refractivity contribution is -0.138. The number of para-hydroxylation sites is 2. The number of hydrogen-bond acceptors (Lipinski definition) is 4. The van der Waals surface area contributed by atoms with Crippen molar-refractivity contribution in [1.82, 2.24) is 14.7 Å². The number of fused-ring (bicyclic) bond motifs is 1. The number of carboxylic acid groups (broad SMARTS) is 1. The zero-order valence-corrected chi connectivity index (χ0v) is 13.0. The van der Waals surface area contributed by atoms with Gasteiger partial charge in [0, 0.05) is 6.42 Å². The fourth-order valence-corrected chi connectivity index (χ4v) is 2.97. The molecule has 8 heteroatoms. The summed E-state index contributed by atoms with van der Waals surface area (Å²) in [4.78, 5) is 18.6. The molecule has 0 saturated heterocycles. The highest BCUT2D eigenvalue weighted by Gasteiger charge is 2.26. The Bertz CT molecular complexity index is 790. The fraction of sp³-hybridized carbons (Fsp3) is 0.286. The molecule has 1 atom stereocenters. The second kappa shape index (κ2) is 6.29. The van der Waals surface area contributed by atoms with Crippen molar-refractivity contribution in [3.63, 3.8) is 0 Å². The molecule has 7 nitrogen and oxygen atoms in total. The number of aromatic amines is 1. The van der Waals surface area contributed by atoms with Gasteiger partial charge in [0.15, 0.2) is 0 Å². The summed E-state index contributed by atoms with van der Waals surface area (Å²) in [5, 5.41) is 9.24. The molecular weight excluding hydrogens is 306 g/mol. The molecule has 0 aliphatic carbocycles. The number of aliphatic carboxylic acids is 1. The lowest BCUT2D eigenvalue weighted by Crippen LogP contribution is -2.42. The van der Waals surface area contributed by atoms with E-state index in [-0.39, 0.29) is 11.3 Å². The number of nitrogens with zero attached hydrogens (tertiary/aromatic N) is 1. The van der Waals surface area contributed by atoms with Crippen molar-refractivity contribution in [2.24, 2.45) is 0 Å². The summed E-state index contributed by atoms with van der Waals surface area (Å²) < 4.78 is 26.1. The van der Waals surface area contributed by atoms with E-state index < -0.39 is 22.0 Å². The number of sulfonamides is 1. The Morgan fingerprint density at radius 2 is 2.14 bits per heavy atom. The van der Waals surface area contributed by atoms with Gasteiger partial charge >= 0.3 is 5.97 Å². The molecule has 0 spiro atoms. The van der Waals surface area contributed by atoms with Crippen LogP contribution in [0.5, 0.6) is 0 Å². The van der Waals surface area contributed by atoms with E-state index in [4.69, 9.17) is 0 Å². The van der Waals surface area contributed by atoms with Crippen LogP contribution in [0.1, 0.15) is 19.7 Å². The van der Waals surface area contributed by atoms with Crippen LogP contribution < -0.4 is 4.72 Å². The van der Waals surface area contributed by atoms with Gasteiger partial charge in [0.1, 0.15) is 11.9 Å². The second-order valence-electron chi connectivity index (χ2n) is 4.82. The van der Waals surface area contributed by atoms with E-state index >= 15 is 0 Å². The van der Waals surface area contributed by atoms with Crippen molar-refractivity contribution in [3.8, 4) is 0 Å². The lowest BCUT2D eigenvalue weighted by Gasteiger charge is -2.13. The standard InChI is InChI=1S/C14H17N3O4S/c1-3-9(2)22(20,21)17-12(14(18)19)8-13-15-10-6-4-5-7-11(10)16-13/h3-7,12,17H,8H2,1-2H3,(H,15,16)(H,18,19). The monoisotopic (exact) mass is 323 g/mol. The summed E-state index contributed by atoms with van der Waals surface area (Å²) in [6.45, 7) is 2.98. The predicted molar refractivity (Wildman–Crippen MR) is 82.7 cm³/mol. The SMILES string of the molecule is CC=C(C)S(=O)(=O)NC(Cc1nc2ccccc2[nH]1)C(=O)O. The van der Waals surface area contributed by atoms with E-state index in [1.165, 1.54) is 13.0 Å². The molecule has 1 aromatic carbocycles. The molecule has 3 N–H and O–H groups in total. The van der Waals surface area contributed by atoms with Crippen LogP contribution in [-0.4, -0.2) is 35.5 Å². The Labute approximate surface area is 128 Å². The average molecular weight is 323 g/mol. The average Bonchev–Trinajstić information content (AvgIpc) is 2.87. The van der Waals surface area contributed by atoms with Crippen LogP contribution in [0.25, 0.3) is 11.0 Å². The van der Waals surface area contributed by atoms with Crippen LogP contribution in [0.15, 0.2) is 35.2 Å². The second-order valence-corrected chi connectivity index (χ2v) is 6.70. The Balaban J connectivity index is 2.24. The first kappa shape index (κ1) is 16.2. The molecular formula is C14H17N3O4S. The van der Waals surface area contributed by atoms with Gasteiger partial charge in [-0.1, -0.05) is 18.2 Å². The molecule has 0 radical (unpaired) electrons. The molecule has 0 aliphatic rings. The highest BCUT2D eigenvalue weighted by Crippen LogP contribution is 2.12. The number of carbonyl (C=O) groups is 1. The summed E-state index contributed by atoms with van der Waals surface area (Å²) >= 11 is 0. The Kier molecular flexibility index (Phi) is 4.62. The molecule has 0 fully saturated rings. The Morgan fingerprint density at radius 3 is 2.73 bits per heavy atom. The maximum Gasteiger partial charge on any atom is 0.322 e. The van der Waals surface area contributed by atoms with Gasteiger partial charge in [-0.2, -0.15) is 4.72 Å². The number of aromatic nitrogens is 2. The van der Waals surface area contributed by atoms with Crippen LogP contribution in [0.4, 0.5) is 0 Å². The van der Waals surface area contributed by atoms with Gasteiger partial charge in [-0.15, -0.1) is 0 Å². The smallest absolute Gasteiger partial charge is 0.322 e. The van der Waals surface area contributed by atoms with Gasteiger partial charge in [0.05, 0.1) is 15.9 Å². The van der Waals surface area contributed by atoms with E-state index in [2.05, 4.69) is 14.7 Å². The van der Waals surface area contributed by atoms with Gasteiger partial charge < -0.3 is 10.1 Å². The molecule has 2 rings (SSSR count). The molecule has 0 bridgehead atoms. The minimum absolute atomic E-state index is 0.0692. The minimum Gasteiger partial charge on any atom is -0.480 e. The third kappa shape index (κ3) is 3.52. The third-order valence-corrected chi connectivity index (χ3v) is 4.94. The van der Waals surface area contributed by atoms with Gasteiger partial charge in [0.2, 0.25) is 10.0 Å². The van der Waals surface area contributed by atoms with Crippen molar-refractivity contribution in [2.45, 2.75) is 26.3 Å². The minimum atomic E-state index is -3.82. The van der Waals surface area contributed by atoms with Gasteiger partial charge in [-0.05, 0) is 26.0 Å². The molecule has 0 aliphatic heterocycles. The first-order chi connectivity index (χ1) is 10.3. The number of allylic oxidation sites excluding steroid dienone is 2. The Morgan fingerprint density at radius 1 is 1.45 bits per heavy atom. The summed E-state index contributed by atoms with van der Waals surface area (Å²) in [5.74, 6) is -0.845. The van der Waals surface area contributed by atoms with E-state index in [0.29, 0.717) is 11.3 Å². The summed E-state index contributed by atoms with van der Waals surface area (Å²) in [7, 11) is -3.82. The van der Waals surface area contributed by atoms with Crippen molar-refractivity contribution >= 4 is 27.0 Å². The van der Waals surface area contributed by atoms with E-state index in [0.717, 1.165) is 5.52 Å². The fourth-order valence-electron chi connectivity index (χ4n) is 1.91. The predicted octanol–water partition coefficient (Wildman–Crippen LogP) is 1.40. The summed E-state index contributed by atoms with van der Waals surface area (Å²) in [5.41, 5.74) is 1.48. The highest BCUT2D eigenvalue weighted by molar-refractivity contribution is 7.93. The normalized spacial score (nSPS) is 14.2. The number of rotatable bonds is 6. The zero-order valence-electron chi connectivity index (χ0n) is 12.2. The maximum atomic E-state index is 12.0. The molecule has 1 unspecified atom stereocenters. The van der Waals surface area contributed by atoms with Gasteiger partial charge in [0.25, 0.3) is 0 Å². The first-order valence-corrected chi connectivity index (χ1v) is 8.13. The molecule has 1 heterocycles. The third-order valence-electron chi connectivity index (χ3n) is 3.26. The van der Waals surface area contributed by atoms with E-state index in [9.17, 15) is 18.3 Å². The first-order valence-electron chi connectivity index (χ1n) is 6.65. The molecule has 2 aromatic rings. The molecule has 118 valence electrons. The summed E-state index contributed by atoms with van der Waals surface area (Å²) in [6.07, 6.45) is 1.34. The van der Waals surface area contributed by atoms with Crippen molar-refractivity contribution in [3.05, 3.63) is 41.1 Å². The molecule has 1 aromatic heterocycles. The van der Waals surface area contributed by atoms with Crippen LogP contribution in [0.3, 0.4) is 0 Å². The number of nitrogens with one attached hydrogen (secondary N) is 2. The van der Waals surface area contributed by atoms with Crippen LogP contribution in [0.2, 0.25) is 0 Å². The number of benzene rings is 1. The number of carboxylic acids is 1. The molecule has 22 heavy (non-hydrogen) atoms. The number of H-pyrrole nitrogens is 1. The van der Waals surface area contributed by atoms with Crippen molar-refractivity contribution in [2.75, 3.05) is 0 Å². The topological polar surface area (TPSA) is 112 Å². The Hall–Kier alpha value is -2.19. The largest absolute Gasteiger partial charge is 0.480 e. The molecule has 0 amide bonds. The highest BCUT2D eigenvalue weighted by atomic mass is 32.2. The van der Waals surface area contributed by atoms with Crippen molar-refractivity contribution < 1.29 is 18.3 Å². The van der Waals surface area contributed by atoms with Gasteiger partial charge in [-0.25, -0.2) is 13.4 Å².